The number of aryl methyl sites for hydroxylation is 1. The Morgan fingerprint density at radius 2 is 1.77 bits per heavy atom. The zero-order valence-electron chi connectivity index (χ0n) is 16.3. The third-order valence-corrected chi connectivity index (χ3v) is 6.81. The van der Waals surface area contributed by atoms with E-state index in [4.69, 9.17) is 0 Å². The van der Waals surface area contributed by atoms with E-state index in [0.29, 0.717) is 11.8 Å². The Morgan fingerprint density at radius 1 is 1.04 bits per heavy atom. The van der Waals surface area contributed by atoms with Crippen molar-refractivity contribution < 1.29 is 0 Å². The first-order valence-corrected chi connectivity index (χ1v) is 11.1. The minimum absolute atomic E-state index is 0.600. The standard InChI is InChI=1S/C24H32BrN/c1-3-26(4-2)18-10-16-22(23-14-7-8-17-24(23)25)21-15-9-12-19-11-5-6-13-20(19)21/h5-8,11,13-14,17,21-22H,3-4,9-10,12,15-16,18H2,1-2H3. The van der Waals surface area contributed by atoms with E-state index >= 15 is 0 Å². The molecule has 0 aromatic heterocycles. The van der Waals surface area contributed by atoms with Crippen LogP contribution in [-0.2, 0) is 6.42 Å². The van der Waals surface area contributed by atoms with E-state index in [0.717, 1.165) is 13.1 Å². The van der Waals surface area contributed by atoms with E-state index in [1.54, 1.807) is 11.1 Å². The van der Waals surface area contributed by atoms with E-state index in [1.165, 1.54) is 48.7 Å². The molecule has 0 spiro atoms. The molecular formula is C24H32BrN. The predicted octanol–water partition coefficient (Wildman–Crippen LogP) is 6.77. The van der Waals surface area contributed by atoms with Gasteiger partial charge in [0, 0.05) is 4.47 Å². The number of fused-ring (bicyclic) bond motifs is 1. The normalized spacial score (nSPS) is 17.9. The molecule has 0 radical (unpaired) electrons. The Hall–Kier alpha value is -1.12. The third kappa shape index (κ3) is 4.58. The van der Waals surface area contributed by atoms with Crippen LogP contribution < -0.4 is 0 Å². The fraction of sp³-hybridized carbons (Fsp3) is 0.500. The zero-order chi connectivity index (χ0) is 18.4. The van der Waals surface area contributed by atoms with Gasteiger partial charge in [-0.2, -0.15) is 0 Å². The molecule has 2 aromatic rings. The lowest BCUT2D eigenvalue weighted by molar-refractivity contribution is 0.288. The van der Waals surface area contributed by atoms with Crippen molar-refractivity contribution >= 4 is 15.9 Å². The summed E-state index contributed by atoms with van der Waals surface area (Å²) in [6.45, 7) is 8.06. The Bertz CT molecular complexity index is 692. The lowest BCUT2D eigenvalue weighted by atomic mass is 9.72. The summed E-state index contributed by atoms with van der Waals surface area (Å²) < 4.78 is 1.27. The van der Waals surface area contributed by atoms with Crippen molar-refractivity contribution in [3.63, 3.8) is 0 Å². The molecule has 140 valence electrons. The molecule has 2 aromatic carbocycles. The van der Waals surface area contributed by atoms with E-state index in [-0.39, 0.29) is 0 Å². The number of nitrogens with zero attached hydrogens (tertiary/aromatic N) is 1. The van der Waals surface area contributed by atoms with Crippen LogP contribution in [0.5, 0.6) is 0 Å². The maximum atomic E-state index is 3.84. The van der Waals surface area contributed by atoms with Gasteiger partial charge >= 0.3 is 0 Å². The first-order valence-electron chi connectivity index (χ1n) is 10.3. The van der Waals surface area contributed by atoms with E-state index in [2.05, 4.69) is 83.2 Å². The molecule has 0 saturated carbocycles. The predicted molar refractivity (Wildman–Crippen MR) is 116 cm³/mol. The Labute approximate surface area is 167 Å². The van der Waals surface area contributed by atoms with Crippen LogP contribution in [0, 0.1) is 0 Å². The smallest absolute Gasteiger partial charge is 0.0210 e. The monoisotopic (exact) mass is 413 g/mol. The minimum Gasteiger partial charge on any atom is -0.304 e. The molecule has 0 N–H and O–H groups in total. The summed E-state index contributed by atoms with van der Waals surface area (Å²) in [7, 11) is 0. The molecule has 2 unspecified atom stereocenters. The quantitative estimate of drug-likeness (QED) is 0.460. The summed E-state index contributed by atoms with van der Waals surface area (Å²) in [5, 5.41) is 0. The van der Waals surface area contributed by atoms with Crippen LogP contribution >= 0.6 is 15.9 Å². The molecule has 2 atom stereocenters. The largest absolute Gasteiger partial charge is 0.304 e. The van der Waals surface area contributed by atoms with Crippen molar-refractivity contribution in [3.8, 4) is 0 Å². The molecule has 0 fully saturated rings. The molecule has 0 aliphatic heterocycles. The van der Waals surface area contributed by atoms with Gasteiger partial charge in [-0.3, -0.25) is 0 Å². The van der Waals surface area contributed by atoms with Gasteiger partial charge in [-0.25, -0.2) is 0 Å². The van der Waals surface area contributed by atoms with Crippen molar-refractivity contribution in [3.05, 3.63) is 69.7 Å². The first kappa shape index (κ1) is 19.6. The van der Waals surface area contributed by atoms with Crippen molar-refractivity contribution in [2.24, 2.45) is 0 Å². The van der Waals surface area contributed by atoms with Gasteiger partial charge in [-0.15, -0.1) is 0 Å². The topological polar surface area (TPSA) is 3.24 Å². The molecule has 0 saturated heterocycles. The molecule has 1 aliphatic carbocycles. The highest BCUT2D eigenvalue weighted by Gasteiger charge is 2.29. The summed E-state index contributed by atoms with van der Waals surface area (Å²) in [6.07, 6.45) is 6.41. The fourth-order valence-electron chi connectivity index (χ4n) is 4.63. The highest BCUT2D eigenvalue weighted by Crippen LogP contribution is 2.45. The van der Waals surface area contributed by atoms with Crippen molar-refractivity contribution in [2.45, 2.75) is 57.8 Å². The SMILES string of the molecule is CCN(CC)CCCC(c1ccccc1Br)C1CCCc2ccccc21. The number of hydrogen-bond donors (Lipinski definition) is 0. The summed E-state index contributed by atoms with van der Waals surface area (Å²) in [5.74, 6) is 1.25. The van der Waals surface area contributed by atoms with Gasteiger partial charge < -0.3 is 4.90 Å². The van der Waals surface area contributed by atoms with Crippen molar-refractivity contribution in [1.82, 2.24) is 4.90 Å². The second kappa shape index (κ2) is 9.71. The van der Waals surface area contributed by atoms with Crippen molar-refractivity contribution in [1.29, 1.82) is 0 Å². The van der Waals surface area contributed by atoms with Crippen LogP contribution in [0.4, 0.5) is 0 Å². The van der Waals surface area contributed by atoms with Gasteiger partial charge in [-0.1, -0.05) is 72.2 Å². The van der Waals surface area contributed by atoms with Gasteiger partial charge in [0.2, 0.25) is 0 Å². The Balaban J connectivity index is 1.86. The number of hydrogen-bond acceptors (Lipinski definition) is 1. The van der Waals surface area contributed by atoms with E-state index in [1.807, 2.05) is 0 Å². The average molecular weight is 414 g/mol. The number of halogens is 1. The number of benzene rings is 2. The Morgan fingerprint density at radius 3 is 2.54 bits per heavy atom. The molecule has 1 nitrogen and oxygen atoms in total. The third-order valence-electron chi connectivity index (χ3n) is 6.09. The number of rotatable bonds is 8. The molecule has 3 rings (SSSR count). The summed E-state index contributed by atoms with van der Waals surface area (Å²) in [4.78, 5) is 2.55. The highest BCUT2D eigenvalue weighted by molar-refractivity contribution is 9.10. The van der Waals surface area contributed by atoms with Crippen LogP contribution in [0.25, 0.3) is 0 Å². The van der Waals surface area contributed by atoms with Gasteiger partial charge in [-0.05, 0) is 86.3 Å². The maximum absolute atomic E-state index is 3.84. The molecule has 1 aliphatic rings. The van der Waals surface area contributed by atoms with Gasteiger partial charge in [0.1, 0.15) is 0 Å². The first-order chi connectivity index (χ1) is 12.7. The lowest BCUT2D eigenvalue weighted by Gasteiger charge is -2.34. The zero-order valence-corrected chi connectivity index (χ0v) is 17.8. The van der Waals surface area contributed by atoms with Crippen LogP contribution in [0.1, 0.15) is 68.1 Å². The lowest BCUT2D eigenvalue weighted by Crippen LogP contribution is -2.25. The summed E-state index contributed by atoms with van der Waals surface area (Å²) in [5.41, 5.74) is 4.67. The van der Waals surface area contributed by atoms with Crippen LogP contribution in [-0.4, -0.2) is 24.5 Å². The van der Waals surface area contributed by atoms with Gasteiger partial charge in [0.05, 0.1) is 0 Å². The molecule has 0 bridgehead atoms. The molecular weight excluding hydrogens is 382 g/mol. The van der Waals surface area contributed by atoms with Gasteiger partial charge in [0.25, 0.3) is 0 Å². The average Bonchev–Trinajstić information content (AvgIpc) is 2.69. The van der Waals surface area contributed by atoms with Crippen LogP contribution in [0.3, 0.4) is 0 Å². The summed E-state index contributed by atoms with van der Waals surface area (Å²) in [6, 6.07) is 18.0. The van der Waals surface area contributed by atoms with E-state index < -0.39 is 0 Å². The second-order valence-corrected chi connectivity index (χ2v) is 8.35. The highest BCUT2D eigenvalue weighted by atomic mass is 79.9. The minimum atomic E-state index is 0.600. The maximum Gasteiger partial charge on any atom is 0.0210 e. The second-order valence-electron chi connectivity index (χ2n) is 7.49. The fourth-order valence-corrected chi connectivity index (χ4v) is 5.21. The molecule has 0 heterocycles. The molecule has 2 heteroatoms. The Kier molecular flexibility index (Phi) is 7.33. The van der Waals surface area contributed by atoms with Crippen LogP contribution in [0.15, 0.2) is 53.0 Å². The van der Waals surface area contributed by atoms with Gasteiger partial charge in [0.15, 0.2) is 0 Å². The summed E-state index contributed by atoms with van der Waals surface area (Å²) >= 11 is 3.84. The molecule has 0 amide bonds. The van der Waals surface area contributed by atoms with E-state index in [9.17, 15) is 0 Å². The van der Waals surface area contributed by atoms with Crippen LogP contribution in [0.2, 0.25) is 0 Å². The van der Waals surface area contributed by atoms with Crippen molar-refractivity contribution in [2.75, 3.05) is 19.6 Å². The molecule has 26 heavy (non-hydrogen) atoms.